The second-order valence-corrected chi connectivity index (χ2v) is 9.58. The maximum Gasteiger partial charge on any atom is 0.323 e. The number of carboxylic acid groups (broad SMARTS) is 5. The predicted molar refractivity (Wildman–Crippen MR) is 172 cm³/mol. The van der Waals surface area contributed by atoms with E-state index in [0.717, 1.165) is 18.5 Å². The lowest BCUT2D eigenvalue weighted by atomic mass is 10.1. The van der Waals surface area contributed by atoms with E-state index >= 15 is 0 Å². The Bertz CT molecular complexity index is 1040. The third-order valence-corrected chi connectivity index (χ3v) is 5.20. The number of nitrogens with two attached hydrogens (primary N) is 8. The lowest BCUT2D eigenvalue weighted by molar-refractivity contribution is -0.141. The topological polar surface area (TPSA) is 476 Å². The minimum absolute atomic E-state index is 0.0129. The molecule has 1 aromatic rings. The second kappa shape index (κ2) is 31.1. The van der Waals surface area contributed by atoms with Crippen LogP contribution < -0.4 is 45.9 Å². The zero-order valence-corrected chi connectivity index (χ0v) is 26.7. The minimum Gasteiger partial charge on any atom is -0.480 e. The van der Waals surface area contributed by atoms with Crippen LogP contribution in [0.15, 0.2) is 17.5 Å². The molecule has 0 aliphatic carbocycles. The summed E-state index contributed by atoms with van der Waals surface area (Å²) in [5, 5.41) is 57.6. The van der Waals surface area contributed by atoms with Crippen LogP contribution in [0.4, 0.5) is 0 Å². The first-order chi connectivity index (χ1) is 22.1. The molecule has 0 amide bonds. The summed E-state index contributed by atoms with van der Waals surface area (Å²) in [5.74, 6) is -5.28. The number of nitrogens with one attached hydrogen (secondary N) is 1. The second-order valence-electron chi connectivity index (χ2n) is 9.58. The Morgan fingerprint density at radius 1 is 0.771 bits per heavy atom. The molecule has 23 nitrogen and oxygen atoms in total. The number of aliphatic carboxylic acids is 5. The highest BCUT2D eigenvalue weighted by Crippen LogP contribution is 1.97. The molecular formula is C25H53N11O12. The van der Waals surface area contributed by atoms with Crippen molar-refractivity contribution in [2.75, 3.05) is 19.7 Å². The van der Waals surface area contributed by atoms with Gasteiger partial charge in [-0.15, -0.1) is 0 Å². The van der Waals surface area contributed by atoms with Gasteiger partial charge in [0.2, 0.25) is 0 Å². The molecule has 0 aliphatic heterocycles. The quantitative estimate of drug-likeness (QED) is 0.0409. The lowest BCUT2D eigenvalue weighted by Gasteiger charge is -2.06. The number of H-pyrrole nitrogens is 1. The maximum absolute atomic E-state index is 10.3. The first-order valence-electron chi connectivity index (χ1n) is 14.1. The smallest absolute Gasteiger partial charge is 0.323 e. The number of guanidine groups is 1. The molecule has 0 saturated carbocycles. The molecule has 0 bridgehead atoms. The Balaban J connectivity index is -0.000000255. The molecular weight excluding hydrogens is 646 g/mol. The summed E-state index contributed by atoms with van der Waals surface area (Å²) >= 11 is 0. The number of hydrogen-bond donors (Lipinski definition) is 16. The molecule has 280 valence electrons. The van der Waals surface area contributed by atoms with Gasteiger partial charge in [-0.1, -0.05) is 6.42 Å². The molecule has 23 heteroatoms. The van der Waals surface area contributed by atoms with Gasteiger partial charge in [0.05, 0.1) is 19.0 Å². The molecule has 6 atom stereocenters. The Kier molecular flexibility index (Phi) is 32.7. The SMILES string of the molecule is C[C@@H](O)[C@H](N)C(=O)O.NC(N)=NCCC[C@H](N)C(=O)O.NCCCC[C@H](N)C(=O)O.N[C@@H](CO)C(=O)O.N[C@@H](Cc1cnc[nH]1)C(=O)O. The van der Waals surface area contributed by atoms with E-state index < -0.39 is 72.8 Å². The van der Waals surface area contributed by atoms with Gasteiger partial charge in [0.1, 0.15) is 30.2 Å². The molecule has 0 radical (unpaired) electrons. The molecule has 1 aromatic heterocycles. The van der Waals surface area contributed by atoms with Gasteiger partial charge in [-0.25, -0.2) is 4.98 Å². The zero-order valence-electron chi connectivity index (χ0n) is 26.7. The van der Waals surface area contributed by atoms with Crippen LogP contribution in [-0.4, -0.2) is 138 Å². The van der Waals surface area contributed by atoms with E-state index in [4.69, 9.17) is 81.6 Å². The number of carboxylic acids is 5. The van der Waals surface area contributed by atoms with Crippen LogP contribution in [0.1, 0.15) is 44.7 Å². The lowest BCUT2D eigenvalue weighted by Crippen LogP contribution is -2.39. The van der Waals surface area contributed by atoms with Crippen molar-refractivity contribution < 1.29 is 59.7 Å². The number of imidazole rings is 1. The van der Waals surface area contributed by atoms with E-state index in [0.29, 0.717) is 32.4 Å². The van der Waals surface area contributed by atoms with E-state index in [-0.39, 0.29) is 12.4 Å². The predicted octanol–water partition coefficient (Wildman–Crippen LogP) is -5.49. The molecule has 48 heavy (non-hydrogen) atoms. The van der Waals surface area contributed by atoms with Crippen molar-refractivity contribution in [2.45, 2.75) is 81.8 Å². The normalized spacial score (nSPS) is 13.5. The monoisotopic (exact) mass is 699 g/mol. The van der Waals surface area contributed by atoms with Gasteiger partial charge >= 0.3 is 29.8 Å². The van der Waals surface area contributed by atoms with Crippen LogP contribution in [-0.2, 0) is 30.4 Å². The van der Waals surface area contributed by atoms with Crippen molar-refractivity contribution in [2.24, 2.45) is 50.9 Å². The van der Waals surface area contributed by atoms with Gasteiger partial charge in [-0.05, 0) is 39.2 Å². The van der Waals surface area contributed by atoms with Crippen molar-refractivity contribution in [1.82, 2.24) is 9.97 Å². The summed E-state index contributed by atoms with van der Waals surface area (Å²) in [5.41, 5.74) is 41.4. The average Bonchev–Trinajstić information content (AvgIpc) is 3.52. The fourth-order valence-corrected chi connectivity index (χ4v) is 2.28. The third kappa shape index (κ3) is 34.4. The highest BCUT2D eigenvalue weighted by molar-refractivity contribution is 5.76. The van der Waals surface area contributed by atoms with Crippen molar-refractivity contribution in [3.63, 3.8) is 0 Å². The summed E-state index contributed by atoms with van der Waals surface area (Å²) in [7, 11) is 0. The van der Waals surface area contributed by atoms with Crippen molar-refractivity contribution in [3.05, 3.63) is 18.2 Å². The van der Waals surface area contributed by atoms with Gasteiger partial charge in [0.25, 0.3) is 0 Å². The number of aromatic amines is 1. The number of aliphatic hydroxyl groups excluding tert-OH is 2. The molecule has 1 rings (SSSR count). The Labute approximate surface area is 276 Å². The summed E-state index contributed by atoms with van der Waals surface area (Å²) in [6, 6.07) is -4.67. The van der Waals surface area contributed by atoms with E-state index in [1.807, 2.05) is 0 Å². The summed E-state index contributed by atoms with van der Waals surface area (Å²) in [6.45, 7) is 1.85. The molecule has 0 aliphatic rings. The minimum atomic E-state index is -1.18. The molecule has 0 saturated heterocycles. The first-order valence-corrected chi connectivity index (χ1v) is 14.1. The maximum atomic E-state index is 10.3. The molecule has 0 fully saturated rings. The highest BCUT2D eigenvalue weighted by atomic mass is 16.4. The summed E-state index contributed by atoms with van der Waals surface area (Å²) in [6.07, 6.45) is 5.48. The Hall–Kier alpha value is -4.49. The standard InChI is InChI=1S/C6H14N4O2.C6H9N3O2.C6H14N2O2.C4H9NO3.C3H7NO3/c7-4(5(11)12)2-1-3-10-6(8)9;7-5(6(10)11)1-4-2-8-3-9-4;7-4-2-1-3-5(8)6(9)10;1-2(6)3(5)4(7)8;4-2(1-5)3(6)7/h4H,1-3,7H2,(H,11,12)(H4,8,9,10);2-3,5H,1,7H2,(H,8,9)(H,10,11);5H,1-4,7-8H2,(H,9,10);2-3,6H,5H2,1H3,(H,7,8);2,5H,1,4H2,(H,6,7)/t4-;2*5-;2-,3+;2-/m00010/s1. The Morgan fingerprint density at radius 3 is 1.50 bits per heavy atom. The summed E-state index contributed by atoms with van der Waals surface area (Å²) < 4.78 is 0. The van der Waals surface area contributed by atoms with Gasteiger partial charge < -0.3 is 86.6 Å². The molecule has 1 heterocycles. The fourth-order valence-electron chi connectivity index (χ4n) is 2.28. The number of unbranched alkanes of at least 4 members (excludes halogenated alkanes) is 1. The van der Waals surface area contributed by atoms with Gasteiger partial charge in [-0.2, -0.15) is 0 Å². The van der Waals surface area contributed by atoms with Gasteiger partial charge in [0.15, 0.2) is 5.96 Å². The summed E-state index contributed by atoms with van der Waals surface area (Å²) in [4.78, 5) is 60.3. The average molecular weight is 700 g/mol. The number of aliphatic hydroxyl groups is 2. The number of hydrogen-bond acceptors (Lipinski definition) is 15. The molecule has 0 aromatic carbocycles. The van der Waals surface area contributed by atoms with Crippen molar-refractivity contribution in [1.29, 1.82) is 0 Å². The van der Waals surface area contributed by atoms with Crippen LogP contribution in [0.25, 0.3) is 0 Å². The molecule has 24 N–H and O–H groups in total. The largest absolute Gasteiger partial charge is 0.480 e. The first kappa shape index (κ1) is 50.4. The van der Waals surface area contributed by atoms with Crippen molar-refractivity contribution in [3.8, 4) is 0 Å². The van der Waals surface area contributed by atoms with Gasteiger partial charge in [0, 0.05) is 24.9 Å². The molecule has 0 unspecified atom stereocenters. The Morgan fingerprint density at radius 2 is 1.23 bits per heavy atom. The number of aliphatic imine (C=N–C) groups is 1. The van der Waals surface area contributed by atoms with Gasteiger partial charge in [-0.3, -0.25) is 29.0 Å². The number of carbonyl (C=O) groups is 5. The van der Waals surface area contributed by atoms with Crippen LogP contribution in [0.3, 0.4) is 0 Å². The highest BCUT2D eigenvalue weighted by Gasteiger charge is 2.16. The number of aromatic nitrogens is 2. The fraction of sp³-hybridized carbons (Fsp3) is 0.640. The van der Waals surface area contributed by atoms with E-state index in [1.165, 1.54) is 13.3 Å². The van der Waals surface area contributed by atoms with E-state index in [2.05, 4.69) is 15.0 Å². The van der Waals surface area contributed by atoms with Crippen LogP contribution in [0.2, 0.25) is 0 Å². The van der Waals surface area contributed by atoms with Crippen molar-refractivity contribution >= 4 is 35.8 Å². The number of rotatable bonds is 17. The van der Waals surface area contributed by atoms with Crippen LogP contribution >= 0.6 is 0 Å². The zero-order chi connectivity index (χ0) is 38.4. The van der Waals surface area contributed by atoms with Crippen LogP contribution in [0.5, 0.6) is 0 Å². The molecule has 0 spiro atoms. The van der Waals surface area contributed by atoms with Crippen LogP contribution in [0, 0.1) is 0 Å². The third-order valence-electron chi connectivity index (χ3n) is 5.20. The van der Waals surface area contributed by atoms with E-state index in [1.54, 1.807) is 6.20 Å². The van der Waals surface area contributed by atoms with E-state index in [9.17, 15) is 24.0 Å². The number of nitrogens with zero attached hydrogens (tertiary/aromatic N) is 2.